The maximum atomic E-state index is 13.6. The molecule has 2 aliphatic heterocycles. The smallest absolute Gasteiger partial charge is 0.307 e. The molecule has 3 saturated carbocycles. The Kier molecular flexibility index (Phi) is 9.56. The average molecular weight is 736 g/mol. The number of carboxylic acids is 1. The van der Waals surface area contributed by atoms with Crippen LogP contribution in [0, 0.1) is 62.1 Å². The zero-order valence-electron chi connectivity index (χ0n) is 35.3. The molecule has 0 radical (unpaired) electrons. The molecule has 12 atom stereocenters. The van der Waals surface area contributed by atoms with Crippen LogP contribution in [0.3, 0.4) is 0 Å². The van der Waals surface area contributed by atoms with Gasteiger partial charge in [-0.15, -0.1) is 0 Å². The van der Waals surface area contributed by atoms with Gasteiger partial charge < -0.3 is 25.2 Å². The van der Waals surface area contributed by atoms with Crippen LogP contribution in [0.4, 0.5) is 0 Å². The maximum Gasteiger partial charge on any atom is 0.307 e. The normalized spacial score (nSPS) is 43.5. The second-order valence-electron chi connectivity index (χ2n) is 21.6. The molecule has 0 unspecified atom stereocenters. The molecule has 1 aromatic heterocycles. The standard InChI is InChI=1S/C44H73N5O4/c1-13-48-21-29(22-48)36-46-26-47-49(36)32-20-44-25-52-23-40(9,35(32)53-24-43(12,45)38(5,6)7)33(44)15-14-30-31(44)16-17-42(11)34(37(50)51)39(8,28(4)27(2)3)18-19-41(30,42)10/h16,26-30,32-35H,13-15,17-25,45H2,1-12H3,(H,50,51)/t28-,30+,32-,33+,34-,35+,39-,40-,41-,42+,43+,44+/m1/s1. The van der Waals surface area contributed by atoms with Crippen LogP contribution < -0.4 is 5.73 Å². The lowest BCUT2D eigenvalue weighted by molar-refractivity contribution is -0.253. The van der Waals surface area contributed by atoms with Gasteiger partial charge in [-0.05, 0) is 97.3 Å². The SMILES string of the molecule is CCN1CC(c2ncnn2[C@@H]2C[C@@]34COC[C@](C)([C@@H]3CC[C@H]3C4=CC[C@@]4(C)[C@H](C(=O)O)[C@@](C)([C@H](C)C(C)C)CC[C@]34C)[C@H]2OC[C@](C)(N)C(C)(C)C)C1. The fraction of sp³-hybridized carbons (Fsp3) is 0.886. The molecule has 3 heterocycles. The molecule has 2 saturated heterocycles. The third-order valence-corrected chi connectivity index (χ3v) is 18.1. The Morgan fingerprint density at radius 2 is 1.77 bits per heavy atom. The van der Waals surface area contributed by atoms with Gasteiger partial charge >= 0.3 is 5.97 Å². The van der Waals surface area contributed by atoms with Gasteiger partial charge in [0.05, 0.1) is 37.9 Å². The molecule has 0 aromatic carbocycles. The van der Waals surface area contributed by atoms with Gasteiger partial charge in [0.15, 0.2) is 0 Å². The van der Waals surface area contributed by atoms with Crippen molar-refractivity contribution in [3.05, 3.63) is 23.8 Å². The molecule has 6 aliphatic rings. The Balaban J connectivity index is 1.32. The minimum absolute atomic E-state index is 0.0156. The van der Waals surface area contributed by atoms with E-state index in [1.807, 2.05) is 0 Å². The summed E-state index contributed by atoms with van der Waals surface area (Å²) >= 11 is 0. The van der Waals surface area contributed by atoms with Gasteiger partial charge in [-0.25, -0.2) is 9.67 Å². The van der Waals surface area contributed by atoms with Crippen molar-refractivity contribution in [1.82, 2.24) is 19.7 Å². The quantitative estimate of drug-likeness (QED) is 0.246. The highest BCUT2D eigenvalue weighted by Gasteiger charge is 2.72. The third kappa shape index (κ3) is 5.53. The lowest BCUT2D eigenvalue weighted by atomic mass is 9.34. The molecule has 7 rings (SSSR count). The largest absolute Gasteiger partial charge is 0.481 e. The van der Waals surface area contributed by atoms with Gasteiger partial charge in [-0.2, -0.15) is 5.10 Å². The minimum Gasteiger partial charge on any atom is -0.481 e. The number of aliphatic carboxylic acids is 1. The molecule has 0 amide bonds. The van der Waals surface area contributed by atoms with Crippen LogP contribution in [-0.2, 0) is 14.3 Å². The van der Waals surface area contributed by atoms with Gasteiger partial charge in [-0.1, -0.05) is 87.8 Å². The van der Waals surface area contributed by atoms with Crippen LogP contribution in [0.5, 0.6) is 0 Å². The summed E-state index contributed by atoms with van der Waals surface area (Å²) in [5, 5.41) is 16.2. The summed E-state index contributed by atoms with van der Waals surface area (Å²) in [5.41, 5.74) is 6.75. The van der Waals surface area contributed by atoms with Crippen LogP contribution >= 0.6 is 0 Å². The van der Waals surface area contributed by atoms with E-state index in [-0.39, 0.29) is 44.6 Å². The van der Waals surface area contributed by atoms with Crippen LogP contribution in [0.15, 0.2) is 18.0 Å². The Labute approximate surface area is 320 Å². The maximum absolute atomic E-state index is 13.6. The van der Waals surface area contributed by atoms with Crippen LogP contribution in [0.1, 0.15) is 139 Å². The van der Waals surface area contributed by atoms with Crippen molar-refractivity contribution in [3.63, 3.8) is 0 Å². The molecule has 0 spiro atoms. The summed E-state index contributed by atoms with van der Waals surface area (Å²) in [5.74, 6) is 1.87. The number of nitrogens with zero attached hydrogens (tertiary/aromatic N) is 4. The topological polar surface area (TPSA) is 116 Å². The van der Waals surface area contributed by atoms with E-state index in [9.17, 15) is 9.90 Å². The van der Waals surface area contributed by atoms with E-state index in [4.69, 9.17) is 25.3 Å². The number of likely N-dealkylation sites (tertiary alicyclic amines) is 1. The Bertz CT molecular complexity index is 1590. The number of carboxylic acid groups (broad SMARTS) is 1. The van der Waals surface area contributed by atoms with Crippen LogP contribution in [0.25, 0.3) is 0 Å². The fourth-order valence-electron chi connectivity index (χ4n) is 13.4. The molecule has 9 nitrogen and oxygen atoms in total. The number of hydrogen-bond acceptors (Lipinski definition) is 7. The lowest BCUT2D eigenvalue weighted by Gasteiger charge is -2.71. The predicted octanol–water partition coefficient (Wildman–Crippen LogP) is 7.98. The molecule has 1 aromatic rings. The zero-order valence-corrected chi connectivity index (χ0v) is 35.3. The highest BCUT2D eigenvalue weighted by atomic mass is 16.5. The van der Waals surface area contributed by atoms with E-state index in [2.05, 4.69) is 98.7 Å². The van der Waals surface area contributed by atoms with Crippen molar-refractivity contribution in [2.75, 3.05) is 39.5 Å². The monoisotopic (exact) mass is 736 g/mol. The summed E-state index contributed by atoms with van der Waals surface area (Å²) in [4.78, 5) is 21.0. The first kappa shape index (κ1) is 39.4. The number of allylic oxidation sites excluding steroid dienone is 1. The van der Waals surface area contributed by atoms with Crippen molar-refractivity contribution in [2.24, 2.45) is 67.8 Å². The number of nitrogens with two attached hydrogens (primary N) is 1. The van der Waals surface area contributed by atoms with E-state index in [1.165, 1.54) is 0 Å². The van der Waals surface area contributed by atoms with E-state index >= 15 is 0 Å². The number of carbonyl (C=O) groups is 1. The van der Waals surface area contributed by atoms with E-state index in [0.29, 0.717) is 49.4 Å². The van der Waals surface area contributed by atoms with Crippen molar-refractivity contribution >= 4 is 5.97 Å². The summed E-state index contributed by atoms with van der Waals surface area (Å²) in [6.45, 7) is 32.2. The summed E-state index contributed by atoms with van der Waals surface area (Å²) in [6, 6.07) is -0.0156. The highest BCUT2D eigenvalue weighted by molar-refractivity contribution is 5.73. The number of hydrogen-bond donors (Lipinski definition) is 2. The lowest BCUT2D eigenvalue weighted by Crippen LogP contribution is -2.69. The molecule has 2 bridgehead atoms. The third-order valence-electron chi connectivity index (χ3n) is 18.1. The first-order valence-corrected chi connectivity index (χ1v) is 21.1. The highest BCUT2D eigenvalue weighted by Crippen LogP contribution is 2.75. The molecule has 298 valence electrons. The molecule has 3 N–H and O–H groups in total. The second-order valence-corrected chi connectivity index (χ2v) is 21.6. The van der Waals surface area contributed by atoms with E-state index < -0.39 is 17.4 Å². The number of fused-ring (bicyclic) bond motifs is 3. The van der Waals surface area contributed by atoms with Gasteiger partial charge in [-0.3, -0.25) is 4.79 Å². The molecular weight excluding hydrogens is 663 g/mol. The number of aromatic nitrogens is 3. The molecule has 9 heteroatoms. The summed E-state index contributed by atoms with van der Waals surface area (Å²) in [7, 11) is 0. The first-order chi connectivity index (χ1) is 24.6. The summed E-state index contributed by atoms with van der Waals surface area (Å²) in [6.07, 6.45) is 10.0. The Morgan fingerprint density at radius 3 is 2.40 bits per heavy atom. The van der Waals surface area contributed by atoms with Crippen LogP contribution in [0.2, 0.25) is 0 Å². The van der Waals surface area contributed by atoms with Crippen molar-refractivity contribution in [3.8, 4) is 0 Å². The van der Waals surface area contributed by atoms with Gasteiger partial charge in [0.2, 0.25) is 0 Å². The summed E-state index contributed by atoms with van der Waals surface area (Å²) < 4.78 is 16.3. The fourth-order valence-corrected chi connectivity index (χ4v) is 13.4. The van der Waals surface area contributed by atoms with Gasteiger partial charge in [0.25, 0.3) is 0 Å². The van der Waals surface area contributed by atoms with Gasteiger partial charge in [0, 0.05) is 35.4 Å². The zero-order chi connectivity index (χ0) is 38.7. The first-order valence-electron chi connectivity index (χ1n) is 21.1. The Morgan fingerprint density at radius 1 is 1.08 bits per heavy atom. The molecule has 4 aliphatic carbocycles. The van der Waals surface area contributed by atoms with Gasteiger partial charge in [0.1, 0.15) is 12.2 Å². The molecular formula is C44H73N5O4. The van der Waals surface area contributed by atoms with E-state index in [0.717, 1.165) is 64.0 Å². The van der Waals surface area contributed by atoms with E-state index in [1.54, 1.807) is 11.9 Å². The molecule has 5 fully saturated rings. The number of likely N-dealkylation sites (N-methyl/N-ethyl adjacent to an activating group) is 1. The molecule has 53 heavy (non-hydrogen) atoms. The Hall–Kier alpha value is -1.81. The number of ether oxygens (including phenoxy) is 2. The second kappa shape index (κ2) is 12.9. The van der Waals surface area contributed by atoms with Crippen molar-refractivity contribution in [2.45, 2.75) is 145 Å². The van der Waals surface area contributed by atoms with Crippen LogP contribution in [-0.4, -0.2) is 81.8 Å². The van der Waals surface area contributed by atoms with Crippen molar-refractivity contribution in [1.29, 1.82) is 0 Å². The average Bonchev–Trinajstić information content (AvgIpc) is 3.52. The predicted molar refractivity (Wildman–Crippen MR) is 209 cm³/mol. The van der Waals surface area contributed by atoms with Crippen molar-refractivity contribution < 1.29 is 19.4 Å². The minimum atomic E-state index is -0.609. The number of rotatable bonds is 9.